The third-order valence-electron chi connectivity index (χ3n) is 2.74. The van der Waals surface area contributed by atoms with E-state index in [1.54, 1.807) is 7.05 Å². The number of likely N-dealkylation sites (N-methyl/N-ethyl adjacent to an activating group) is 1. The highest BCUT2D eigenvalue weighted by atomic mass is 32.2. The second kappa shape index (κ2) is 6.64. The van der Waals surface area contributed by atoms with E-state index >= 15 is 0 Å². The summed E-state index contributed by atoms with van der Waals surface area (Å²) < 4.78 is 30.6. The highest BCUT2D eigenvalue weighted by molar-refractivity contribution is 7.89. The fourth-order valence-electron chi connectivity index (χ4n) is 1.53. The maximum Gasteiger partial charge on any atom is 0.289 e. The number of benzene rings is 1. The molecule has 0 heterocycles. The lowest BCUT2D eigenvalue weighted by Gasteiger charge is -2.17. The number of nitrogens with zero attached hydrogens (tertiary/aromatic N) is 2. The Labute approximate surface area is 117 Å². The minimum atomic E-state index is -3.95. The van der Waals surface area contributed by atoms with E-state index in [9.17, 15) is 18.5 Å². The van der Waals surface area contributed by atoms with Crippen molar-refractivity contribution in [3.05, 3.63) is 28.3 Å². The second-order valence-electron chi connectivity index (χ2n) is 4.01. The van der Waals surface area contributed by atoms with E-state index in [-0.39, 0.29) is 18.0 Å². The third-order valence-corrected chi connectivity index (χ3v) is 4.63. The Morgan fingerprint density at radius 3 is 2.60 bits per heavy atom. The van der Waals surface area contributed by atoms with Crippen LogP contribution >= 0.6 is 0 Å². The van der Waals surface area contributed by atoms with Crippen LogP contribution in [-0.2, 0) is 14.8 Å². The Balaban J connectivity index is 3.31. The molecule has 1 aromatic carbocycles. The quantitative estimate of drug-likeness (QED) is 0.593. The van der Waals surface area contributed by atoms with Crippen LogP contribution in [0, 0.1) is 10.1 Å². The number of methoxy groups -OCH3 is 1. The average molecular weight is 303 g/mol. The Kier molecular flexibility index (Phi) is 5.43. The van der Waals surface area contributed by atoms with Crippen molar-refractivity contribution in [3.8, 4) is 0 Å². The number of rotatable bonds is 7. The molecule has 1 rings (SSSR count). The van der Waals surface area contributed by atoms with Crippen molar-refractivity contribution in [2.24, 2.45) is 0 Å². The monoisotopic (exact) mass is 303 g/mol. The summed E-state index contributed by atoms with van der Waals surface area (Å²) in [6.07, 6.45) is 0. The summed E-state index contributed by atoms with van der Waals surface area (Å²) in [4.78, 5) is 9.93. The van der Waals surface area contributed by atoms with E-state index in [0.717, 1.165) is 4.31 Å². The van der Waals surface area contributed by atoms with Crippen LogP contribution in [0.2, 0.25) is 0 Å². The van der Waals surface area contributed by atoms with E-state index in [2.05, 4.69) is 5.32 Å². The SMILES string of the molecule is CNc1ccc([N+](=O)[O-])c(S(=O)(=O)N(C)CCOC)c1. The number of ether oxygens (including phenoxy) is 1. The van der Waals surface area contributed by atoms with Gasteiger partial charge in [-0.25, -0.2) is 8.42 Å². The normalized spacial score (nSPS) is 11.6. The summed E-state index contributed by atoms with van der Waals surface area (Å²) >= 11 is 0. The van der Waals surface area contributed by atoms with Crippen molar-refractivity contribution >= 4 is 21.4 Å². The van der Waals surface area contributed by atoms with E-state index in [1.807, 2.05) is 0 Å². The molecule has 0 aromatic heterocycles. The largest absolute Gasteiger partial charge is 0.388 e. The molecule has 0 atom stereocenters. The smallest absolute Gasteiger partial charge is 0.289 e. The molecule has 0 fully saturated rings. The Bertz CT molecular complexity index is 588. The van der Waals surface area contributed by atoms with Gasteiger partial charge in [-0.15, -0.1) is 0 Å². The zero-order chi connectivity index (χ0) is 15.3. The topological polar surface area (TPSA) is 102 Å². The van der Waals surface area contributed by atoms with Gasteiger partial charge in [0.2, 0.25) is 10.0 Å². The van der Waals surface area contributed by atoms with Crippen LogP contribution in [0.1, 0.15) is 0 Å². The predicted molar refractivity (Wildman–Crippen MR) is 74.3 cm³/mol. The molecule has 0 aliphatic heterocycles. The summed E-state index contributed by atoms with van der Waals surface area (Å²) in [7, 11) is 0.456. The molecule has 0 aliphatic rings. The van der Waals surface area contributed by atoms with Crippen molar-refractivity contribution in [2.75, 3.05) is 39.7 Å². The second-order valence-corrected chi connectivity index (χ2v) is 6.02. The molecule has 20 heavy (non-hydrogen) atoms. The molecule has 0 unspecified atom stereocenters. The van der Waals surface area contributed by atoms with Crippen LogP contribution in [0.25, 0.3) is 0 Å². The minimum absolute atomic E-state index is 0.111. The molecule has 0 radical (unpaired) electrons. The van der Waals surface area contributed by atoms with Crippen LogP contribution in [0.5, 0.6) is 0 Å². The first kappa shape index (κ1) is 16.3. The maximum absolute atomic E-state index is 12.4. The van der Waals surface area contributed by atoms with Gasteiger partial charge in [-0.05, 0) is 12.1 Å². The number of sulfonamides is 1. The summed E-state index contributed by atoms with van der Waals surface area (Å²) in [6.45, 7) is 0.314. The predicted octanol–water partition coefficient (Wildman–Crippen LogP) is 0.903. The van der Waals surface area contributed by atoms with Crippen molar-refractivity contribution in [1.29, 1.82) is 0 Å². The van der Waals surface area contributed by atoms with E-state index in [0.29, 0.717) is 5.69 Å². The van der Waals surface area contributed by atoms with Crippen molar-refractivity contribution in [1.82, 2.24) is 4.31 Å². The molecule has 9 heteroatoms. The van der Waals surface area contributed by atoms with Gasteiger partial charge in [0.15, 0.2) is 4.90 Å². The lowest BCUT2D eigenvalue weighted by atomic mass is 10.3. The molecule has 1 N–H and O–H groups in total. The summed E-state index contributed by atoms with van der Waals surface area (Å²) in [5.74, 6) is 0. The van der Waals surface area contributed by atoms with Gasteiger partial charge in [-0.1, -0.05) is 0 Å². The molecule has 1 aromatic rings. The highest BCUT2D eigenvalue weighted by Gasteiger charge is 2.29. The molecular weight excluding hydrogens is 286 g/mol. The molecule has 112 valence electrons. The fraction of sp³-hybridized carbons (Fsp3) is 0.455. The number of hydrogen-bond acceptors (Lipinski definition) is 6. The summed E-state index contributed by atoms with van der Waals surface area (Å²) in [6, 6.07) is 3.87. The number of hydrogen-bond donors (Lipinski definition) is 1. The van der Waals surface area contributed by atoms with Gasteiger partial charge in [0.1, 0.15) is 0 Å². The lowest BCUT2D eigenvalue weighted by Crippen LogP contribution is -2.30. The maximum atomic E-state index is 12.4. The minimum Gasteiger partial charge on any atom is -0.388 e. The van der Waals surface area contributed by atoms with Crippen molar-refractivity contribution < 1.29 is 18.1 Å². The Morgan fingerprint density at radius 2 is 2.10 bits per heavy atom. The van der Waals surface area contributed by atoms with E-state index in [1.165, 1.54) is 32.4 Å². The molecule has 0 spiro atoms. The summed E-state index contributed by atoms with van der Waals surface area (Å²) in [5.41, 5.74) is 0.0302. The van der Waals surface area contributed by atoms with Crippen LogP contribution < -0.4 is 5.32 Å². The highest BCUT2D eigenvalue weighted by Crippen LogP contribution is 2.28. The molecule has 0 saturated heterocycles. The van der Waals surface area contributed by atoms with Gasteiger partial charge >= 0.3 is 0 Å². The van der Waals surface area contributed by atoms with Crippen LogP contribution in [0.4, 0.5) is 11.4 Å². The molecule has 0 bridgehead atoms. The van der Waals surface area contributed by atoms with Gasteiger partial charge in [-0.3, -0.25) is 10.1 Å². The molecule has 0 saturated carbocycles. The van der Waals surface area contributed by atoms with E-state index < -0.39 is 20.6 Å². The standard InChI is InChI=1S/C11H17N3O5S/c1-12-9-4-5-10(14(15)16)11(8-9)20(17,18)13(2)6-7-19-3/h4-5,8,12H,6-7H2,1-3H3. The van der Waals surface area contributed by atoms with Gasteiger partial charge in [0.25, 0.3) is 5.69 Å². The van der Waals surface area contributed by atoms with Crippen LogP contribution in [0.15, 0.2) is 23.1 Å². The van der Waals surface area contributed by atoms with Gasteiger partial charge in [-0.2, -0.15) is 4.31 Å². The Hall–Kier alpha value is -1.71. The summed E-state index contributed by atoms with van der Waals surface area (Å²) in [5, 5.41) is 13.7. The van der Waals surface area contributed by atoms with Crippen molar-refractivity contribution in [3.63, 3.8) is 0 Å². The number of nitro groups is 1. The zero-order valence-corrected chi connectivity index (χ0v) is 12.3. The molecule has 0 aliphatic carbocycles. The lowest BCUT2D eigenvalue weighted by molar-refractivity contribution is -0.387. The number of anilines is 1. The first-order chi connectivity index (χ1) is 9.34. The third kappa shape index (κ3) is 3.44. The van der Waals surface area contributed by atoms with Gasteiger partial charge < -0.3 is 10.1 Å². The van der Waals surface area contributed by atoms with Crippen LogP contribution in [-0.4, -0.2) is 52.0 Å². The average Bonchev–Trinajstić information content (AvgIpc) is 2.43. The first-order valence-corrected chi connectivity index (χ1v) is 7.20. The molecule has 0 amide bonds. The molecular formula is C11H17N3O5S. The number of nitro benzene ring substituents is 1. The fourth-order valence-corrected chi connectivity index (χ4v) is 2.87. The zero-order valence-electron chi connectivity index (χ0n) is 11.5. The molecule has 8 nitrogen and oxygen atoms in total. The van der Waals surface area contributed by atoms with Gasteiger partial charge in [0.05, 0.1) is 11.5 Å². The van der Waals surface area contributed by atoms with Gasteiger partial charge in [0, 0.05) is 39.5 Å². The Morgan fingerprint density at radius 1 is 1.45 bits per heavy atom. The van der Waals surface area contributed by atoms with Crippen LogP contribution in [0.3, 0.4) is 0 Å². The van der Waals surface area contributed by atoms with Crippen molar-refractivity contribution in [2.45, 2.75) is 4.90 Å². The van der Waals surface area contributed by atoms with E-state index in [4.69, 9.17) is 4.74 Å². The number of nitrogens with one attached hydrogen (secondary N) is 1. The first-order valence-electron chi connectivity index (χ1n) is 5.76.